The average molecular weight is 312 g/mol. The van der Waals surface area contributed by atoms with Gasteiger partial charge < -0.3 is 11.1 Å². The first-order valence-electron chi connectivity index (χ1n) is 7.84. The van der Waals surface area contributed by atoms with Gasteiger partial charge in [0, 0.05) is 12.7 Å². The molecule has 0 unspecified atom stereocenters. The summed E-state index contributed by atoms with van der Waals surface area (Å²) in [5, 5.41) is 3.19. The molecular formula is C16H26ClN3O. The van der Waals surface area contributed by atoms with Gasteiger partial charge >= 0.3 is 0 Å². The fourth-order valence-electron chi connectivity index (χ4n) is 2.14. The van der Waals surface area contributed by atoms with Gasteiger partial charge in [0.15, 0.2) is 0 Å². The predicted molar refractivity (Wildman–Crippen MR) is 88.6 cm³/mol. The van der Waals surface area contributed by atoms with Crippen LogP contribution >= 0.6 is 11.6 Å². The highest BCUT2D eigenvalue weighted by Crippen LogP contribution is 2.16. The number of halogens is 1. The van der Waals surface area contributed by atoms with Crippen LogP contribution < -0.4 is 11.1 Å². The first kappa shape index (κ1) is 17.8. The quantitative estimate of drug-likeness (QED) is 0.637. The van der Waals surface area contributed by atoms with Gasteiger partial charge in [0.1, 0.15) is 5.82 Å². The standard InChI is InChI=1S/C16H26ClN3O/c1-2-3-4-5-6-7-8-9-10-19-16(21)13-11-14(17)15(18)20-12-13/h11-12H,2-10H2,1H3,(H2,18,20)(H,19,21). The third kappa shape index (κ3) is 7.32. The van der Waals surface area contributed by atoms with E-state index in [-0.39, 0.29) is 11.7 Å². The lowest BCUT2D eigenvalue weighted by Gasteiger charge is -2.06. The van der Waals surface area contributed by atoms with Gasteiger partial charge in [0.05, 0.1) is 10.6 Å². The Labute approximate surface area is 132 Å². The highest BCUT2D eigenvalue weighted by Gasteiger charge is 2.07. The van der Waals surface area contributed by atoms with Crippen molar-refractivity contribution in [2.45, 2.75) is 58.3 Å². The molecule has 4 nitrogen and oxygen atoms in total. The Kier molecular flexibility index (Phi) is 8.83. The fourth-order valence-corrected chi connectivity index (χ4v) is 2.30. The lowest BCUT2D eigenvalue weighted by Crippen LogP contribution is -2.24. The van der Waals surface area contributed by atoms with Gasteiger partial charge in [0.25, 0.3) is 5.91 Å². The van der Waals surface area contributed by atoms with Gasteiger partial charge in [-0.15, -0.1) is 0 Å². The molecule has 1 aromatic rings. The molecule has 0 aliphatic rings. The third-order valence-electron chi connectivity index (χ3n) is 3.45. The van der Waals surface area contributed by atoms with Crippen LogP contribution in [-0.4, -0.2) is 17.4 Å². The van der Waals surface area contributed by atoms with Crippen LogP contribution in [0, 0.1) is 0 Å². The van der Waals surface area contributed by atoms with Crippen molar-refractivity contribution in [3.05, 3.63) is 22.8 Å². The van der Waals surface area contributed by atoms with E-state index in [1.165, 1.54) is 44.7 Å². The SMILES string of the molecule is CCCCCCCCCCNC(=O)c1cnc(N)c(Cl)c1. The summed E-state index contributed by atoms with van der Waals surface area (Å²) in [7, 11) is 0. The zero-order chi connectivity index (χ0) is 15.5. The summed E-state index contributed by atoms with van der Waals surface area (Å²) in [6.45, 7) is 2.92. The topological polar surface area (TPSA) is 68.0 Å². The molecule has 5 heteroatoms. The minimum Gasteiger partial charge on any atom is -0.382 e. The largest absolute Gasteiger partial charge is 0.382 e. The van der Waals surface area contributed by atoms with E-state index in [1.807, 2.05) is 0 Å². The second-order valence-electron chi connectivity index (χ2n) is 5.32. The summed E-state index contributed by atoms with van der Waals surface area (Å²) in [6.07, 6.45) is 11.5. The van der Waals surface area contributed by atoms with E-state index in [9.17, 15) is 4.79 Å². The van der Waals surface area contributed by atoms with Crippen LogP contribution in [0.25, 0.3) is 0 Å². The van der Waals surface area contributed by atoms with Gasteiger partial charge in [-0.25, -0.2) is 4.98 Å². The Bertz CT molecular complexity index is 438. The summed E-state index contributed by atoms with van der Waals surface area (Å²) in [5.74, 6) is 0.101. The Hall–Kier alpha value is -1.29. The third-order valence-corrected chi connectivity index (χ3v) is 3.75. The number of amides is 1. The summed E-state index contributed by atoms with van der Waals surface area (Å²) >= 11 is 5.85. The minimum atomic E-state index is -0.146. The zero-order valence-electron chi connectivity index (χ0n) is 12.8. The number of anilines is 1. The number of nitrogen functional groups attached to an aromatic ring is 1. The Morgan fingerprint density at radius 2 is 1.81 bits per heavy atom. The number of nitrogens with zero attached hydrogens (tertiary/aromatic N) is 1. The first-order valence-corrected chi connectivity index (χ1v) is 8.22. The molecular weight excluding hydrogens is 286 g/mol. The fraction of sp³-hybridized carbons (Fsp3) is 0.625. The van der Waals surface area contributed by atoms with Gasteiger partial charge in [-0.1, -0.05) is 63.5 Å². The van der Waals surface area contributed by atoms with Crippen LogP contribution in [0.3, 0.4) is 0 Å². The van der Waals surface area contributed by atoms with Crippen molar-refractivity contribution in [2.75, 3.05) is 12.3 Å². The Morgan fingerprint density at radius 3 is 2.43 bits per heavy atom. The minimum absolute atomic E-state index is 0.146. The highest BCUT2D eigenvalue weighted by atomic mass is 35.5. The van der Waals surface area contributed by atoms with E-state index in [2.05, 4.69) is 17.2 Å². The summed E-state index contributed by atoms with van der Waals surface area (Å²) in [5.41, 5.74) is 5.97. The molecule has 118 valence electrons. The molecule has 0 saturated carbocycles. The van der Waals surface area contributed by atoms with E-state index in [4.69, 9.17) is 17.3 Å². The molecule has 0 aromatic carbocycles. The van der Waals surface area contributed by atoms with Crippen LogP contribution in [-0.2, 0) is 0 Å². The molecule has 0 saturated heterocycles. The van der Waals surface area contributed by atoms with Crippen molar-refractivity contribution >= 4 is 23.3 Å². The summed E-state index contributed by atoms with van der Waals surface area (Å²) in [4.78, 5) is 15.7. The molecule has 1 rings (SSSR count). The molecule has 0 spiro atoms. The van der Waals surface area contributed by atoms with Crippen molar-refractivity contribution in [3.63, 3.8) is 0 Å². The summed E-state index contributed by atoms with van der Waals surface area (Å²) < 4.78 is 0. The number of carbonyl (C=O) groups is 1. The number of carbonyl (C=O) groups excluding carboxylic acids is 1. The molecule has 3 N–H and O–H groups in total. The van der Waals surface area contributed by atoms with Crippen molar-refractivity contribution in [1.29, 1.82) is 0 Å². The molecule has 0 atom stereocenters. The predicted octanol–water partition coefficient (Wildman–Crippen LogP) is 4.19. The van der Waals surface area contributed by atoms with E-state index < -0.39 is 0 Å². The van der Waals surface area contributed by atoms with E-state index >= 15 is 0 Å². The van der Waals surface area contributed by atoms with Crippen LogP contribution in [0.15, 0.2) is 12.3 Å². The maximum Gasteiger partial charge on any atom is 0.252 e. The Morgan fingerprint density at radius 1 is 1.19 bits per heavy atom. The molecule has 1 amide bonds. The molecule has 0 fully saturated rings. The number of unbranched alkanes of at least 4 members (excludes halogenated alkanes) is 7. The highest BCUT2D eigenvalue weighted by molar-refractivity contribution is 6.33. The zero-order valence-corrected chi connectivity index (χ0v) is 13.6. The number of nitrogens with two attached hydrogens (primary N) is 1. The van der Waals surface area contributed by atoms with Crippen LogP contribution in [0.4, 0.5) is 5.82 Å². The number of nitrogens with one attached hydrogen (secondary N) is 1. The second kappa shape index (κ2) is 10.4. The average Bonchev–Trinajstić information content (AvgIpc) is 2.48. The van der Waals surface area contributed by atoms with E-state index in [0.29, 0.717) is 17.1 Å². The van der Waals surface area contributed by atoms with Crippen LogP contribution in [0.2, 0.25) is 5.02 Å². The van der Waals surface area contributed by atoms with Gasteiger partial charge in [-0.05, 0) is 12.5 Å². The monoisotopic (exact) mass is 311 g/mol. The summed E-state index contributed by atoms with van der Waals surface area (Å²) in [6, 6.07) is 1.55. The number of rotatable bonds is 10. The van der Waals surface area contributed by atoms with Crippen molar-refractivity contribution < 1.29 is 4.79 Å². The van der Waals surface area contributed by atoms with Crippen molar-refractivity contribution in [3.8, 4) is 0 Å². The number of aromatic nitrogens is 1. The lowest BCUT2D eigenvalue weighted by molar-refractivity contribution is 0.0952. The van der Waals surface area contributed by atoms with Gasteiger partial charge in [0.2, 0.25) is 0 Å². The van der Waals surface area contributed by atoms with Crippen molar-refractivity contribution in [1.82, 2.24) is 10.3 Å². The van der Waals surface area contributed by atoms with Gasteiger partial charge in [-0.3, -0.25) is 4.79 Å². The van der Waals surface area contributed by atoms with E-state index in [1.54, 1.807) is 6.07 Å². The maximum absolute atomic E-state index is 11.9. The van der Waals surface area contributed by atoms with E-state index in [0.717, 1.165) is 12.8 Å². The van der Waals surface area contributed by atoms with Crippen LogP contribution in [0.5, 0.6) is 0 Å². The number of hydrogen-bond acceptors (Lipinski definition) is 3. The van der Waals surface area contributed by atoms with Crippen LogP contribution in [0.1, 0.15) is 68.6 Å². The molecule has 0 aliphatic carbocycles. The smallest absolute Gasteiger partial charge is 0.252 e. The number of pyridine rings is 1. The van der Waals surface area contributed by atoms with Gasteiger partial charge in [-0.2, -0.15) is 0 Å². The lowest BCUT2D eigenvalue weighted by atomic mass is 10.1. The molecule has 0 aliphatic heterocycles. The first-order chi connectivity index (χ1) is 10.1. The van der Waals surface area contributed by atoms with Crippen molar-refractivity contribution in [2.24, 2.45) is 0 Å². The molecule has 21 heavy (non-hydrogen) atoms. The Balaban J connectivity index is 2.09. The normalized spacial score (nSPS) is 10.6. The molecule has 0 radical (unpaired) electrons. The molecule has 1 aromatic heterocycles. The number of hydrogen-bond donors (Lipinski definition) is 2. The maximum atomic E-state index is 11.9. The molecule has 0 bridgehead atoms. The second-order valence-corrected chi connectivity index (χ2v) is 5.73. The molecule has 1 heterocycles.